The van der Waals surface area contributed by atoms with Crippen LogP contribution in [0.2, 0.25) is 5.15 Å². The molecule has 0 bridgehead atoms. The van der Waals surface area contributed by atoms with Crippen molar-refractivity contribution in [2.75, 3.05) is 13.6 Å². The van der Waals surface area contributed by atoms with Crippen LogP contribution in [0.1, 0.15) is 12.0 Å². The highest BCUT2D eigenvalue weighted by Gasteiger charge is 2.03. The van der Waals surface area contributed by atoms with Gasteiger partial charge < -0.3 is 5.32 Å². The molecule has 0 aliphatic carbocycles. The molecule has 0 radical (unpaired) electrons. The van der Waals surface area contributed by atoms with Gasteiger partial charge in [0.2, 0.25) is 0 Å². The minimum absolute atomic E-state index is 0.634. The van der Waals surface area contributed by atoms with Crippen LogP contribution in [0.5, 0.6) is 0 Å². The minimum Gasteiger partial charge on any atom is -0.320 e. The predicted octanol–water partition coefficient (Wildman–Crippen LogP) is 3.04. The Morgan fingerprint density at radius 2 is 2.12 bits per heavy atom. The third-order valence-corrected chi connectivity index (χ3v) is 2.95. The predicted molar refractivity (Wildman–Crippen MR) is 69.0 cm³/mol. The molecule has 0 amide bonds. The van der Waals surface area contributed by atoms with Gasteiger partial charge in [0.1, 0.15) is 5.15 Å². The molecule has 1 heterocycles. The molecule has 1 N–H and O–H groups in total. The fraction of sp³-hybridized carbons (Fsp3) is 0.308. The highest BCUT2D eigenvalue weighted by atomic mass is 35.5. The molecule has 3 heteroatoms. The van der Waals surface area contributed by atoms with E-state index in [1.54, 1.807) is 0 Å². The van der Waals surface area contributed by atoms with Gasteiger partial charge in [-0.2, -0.15) is 0 Å². The normalized spacial score (nSPS) is 10.9. The SMILES string of the molecule is CNCCCc1cc2ccccc2nc1Cl. The van der Waals surface area contributed by atoms with Gasteiger partial charge in [0, 0.05) is 5.39 Å². The van der Waals surface area contributed by atoms with Crippen LogP contribution in [-0.2, 0) is 6.42 Å². The number of aromatic nitrogens is 1. The van der Waals surface area contributed by atoms with E-state index in [0.29, 0.717) is 5.15 Å². The highest BCUT2D eigenvalue weighted by Crippen LogP contribution is 2.21. The second-order valence-corrected chi connectivity index (χ2v) is 4.20. The molecule has 0 saturated carbocycles. The molecule has 84 valence electrons. The number of pyridine rings is 1. The highest BCUT2D eigenvalue weighted by molar-refractivity contribution is 6.30. The number of nitrogens with one attached hydrogen (secondary N) is 1. The number of hydrogen-bond acceptors (Lipinski definition) is 2. The zero-order valence-electron chi connectivity index (χ0n) is 9.33. The monoisotopic (exact) mass is 234 g/mol. The van der Waals surface area contributed by atoms with Gasteiger partial charge in [0.15, 0.2) is 0 Å². The summed E-state index contributed by atoms with van der Waals surface area (Å²) in [5.74, 6) is 0. The standard InChI is InChI=1S/C13H15ClN2/c1-15-8-4-6-11-9-10-5-2-3-7-12(10)16-13(11)14/h2-3,5,7,9,15H,4,6,8H2,1H3. The lowest BCUT2D eigenvalue weighted by atomic mass is 10.1. The topological polar surface area (TPSA) is 24.9 Å². The first-order chi connectivity index (χ1) is 7.81. The molecule has 2 nitrogen and oxygen atoms in total. The molecule has 0 unspecified atom stereocenters. The molecular formula is C13H15ClN2. The summed E-state index contributed by atoms with van der Waals surface area (Å²) >= 11 is 6.15. The van der Waals surface area contributed by atoms with Gasteiger partial charge in [-0.25, -0.2) is 4.98 Å². The van der Waals surface area contributed by atoms with E-state index in [9.17, 15) is 0 Å². The van der Waals surface area contributed by atoms with Gasteiger partial charge >= 0.3 is 0 Å². The summed E-state index contributed by atoms with van der Waals surface area (Å²) in [6.07, 6.45) is 2.05. The van der Waals surface area contributed by atoms with E-state index in [4.69, 9.17) is 11.6 Å². The Kier molecular flexibility index (Phi) is 3.75. The van der Waals surface area contributed by atoms with Gasteiger partial charge in [-0.3, -0.25) is 0 Å². The Bertz CT molecular complexity index is 482. The number of halogens is 1. The van der Waals surface area contributed by atoms with E-state index in [1.807, 2.05) is 25.2 Å². The van der Waals surface area contributed by atoms with Crippen molar-refractivity contribution in [1.29, 1.82) is 0 Å². The van der Waals surface area contributed by atoms with E-state index in [0.717, 1.165) is 35.9 Å². The smallest absolute Gasteiger partial charge is 0.132 e. The average molecular weight is 235 g/mol. The van der Waals surface area contributed by atoms with Gasteiger partial charge in [-0.1, -0.05) is 29.8 Å². The molecule has 0 fully saturated rings. The molecule has 1 aromatic heterocycles. The summed E-state index contributed by atoms with van der Waals surface area (Å²) in [5.41, 5.74) is 2.10. The van der Waals surface area contributed by atoms with E-state index in [-0.39, 0.29) is 0 Å². The maximum absolute atomic E-state index is 6.15. The fourth-order valence-corrected chi connectivity index (χ4v) is 2.01. The van der Waals surface area contributed by atoms with Crippen molar-refractivity contribution in [3.63, 3.8) is 0 Å². The van der Waals surface area contributed by atoms with Gasteiger partial charge in [-0.05, 0) is 44.1 Å². The first-order valence-electron chi connectivity index (χ1n) is 5.50. The van der Waals surface area contributed by atoms with E-state index >= 15 is 0 Å². The summed E-state index contributed by atoms with van der Waals surface area (Å²) < 4.78 is 0. The summed E-state index contributed by atoms with van der Waals surface area (Å²) in [4.78, 5) is 4.40. The first kappa shape index (κ1) is 11.4. The van der Waals surface area contributed by atoms with Crippen molar-refractivity contribution < 1.29 is 0 Å². The maximum atomic E-state index is 6.15. The van der Waals surface area contributed by atoms with Crippen LogP contribution >= 0.6 is 11.6 Å². The Morgan fingerprint density at radius 1 is 1.31 bits per heavy atom. The Labute approximate surface area is 101 Å². The summed E-state index contributed by atoms with van der Waals surface area (Å²) in [6.45, 7) is 1.00. The van der Waals surface area contributed by atoms with Gasteiger partial charge in [-0.15, -0.1) is 0 Å². The van der Waals surface area contributed by atoms with Crippen molar-refractivity contribution in [2.45, 2.75) is 12.8 Å². The quantitative estimate of drug-likeness (QED) is 0.650. The number of para-hydroxylation sites is 1. The molecule has 0 spiro atoms. The minimum atomic E-state index is 0.634. The lowest BCUT2D eigenvalue weighted by Gasteiger charge is -2.05. The number of aryl methyl sites for hydroxylation is 1. The van der Waals surface area contributed by atoms with Crippen LogP contribution in [0.25, 0.3) is 10.9 Å². The molecule has 0 atom stereocenters. The molecular weight excluding hydrogens is 220 g/mol. The molecule has 2 aromatic rings. The summed E-state index contributed by atoms with van der Waals surface area (Å²) in [6, 6.07) is 10.2. The van der Waals surface area contributed by atoms with Crippen molar-refractivity contribution in [1.82, 2.24) is 10.3 Å². The van der Waals surface area contributed by atoms with E-state index < -0.39 is 0 Å². The fourth-order valence-electron chi connectivity index (χ4n) is 1.77. The molecule has 16 heavy (non-hydrogen) atoms. The third kappa shape index (κ3) is 2.52. The molecule has 0 aliphatic heterocycles. The molecule has 0 saturated heterocycles. The average Bonchev–Trinajstić information content (AvgIpc) is 2.30. The van der Waals surface area contributed by atoms with Crippen molar-refractivity contribution in [2.24, 2.45) is 0 Å². The Morgan fingerprint density at radius 3 is 2.94 bits per heavy atom. The van der Waals surface area contributed by atoms with Crippen LogP contribution in [-0.4, -0.2) is 18.6 Å². The zero-order chi connectivity index (χ0) is 11.4. The first-order valence-corrected chi connectivity index (χ1v) is 5.88. The molecule has 0 aliphatic rings. The Hall–Kier alpha value is -1.12. The number of benzene rings is 1. The van der Waals surface area contributed by atoms with Crippen molar-refractivity contribution in [3.05, 3.63) is 41.0 Å². The third-order valence-electron chi connectivity index (χ3n) is 2.62. The number of hydrogen-bond donors (Lipinski definition) is 1. The molecule has 2 rings (SSSR count). The van der Waals surface area contributed by atoms with Crippen LogP contribution in [0.4, 0.5) is 0 Å². The largest absolute Gasteiger partial charge is 0.320 e. The second kappa shape index (κ2) is 5.28. The number of fused-ring (bicyclic) bond motifs is 1. The van der Waals surface area contributed by atoms with E-state index in [2.05, 4.69) is 22.4 Å². The lowest BCUT2D eigenvalue weighted by Crippen LogP contribution is -2.08. The van der Waals surface area contributed by atoms with Crippen LogP contribution in [0.15, 0.2) is 30.3 Å². The summed E-state index contributed by atoms with van der Waals surface area (Å²) in [5, 5.41) is 4.92. The Balaban J connectivity index is 2.27. The van der Waals surface area contributed by atoms with Crippen LogP contribution < -0.4 is 5.32 Å². The zero-order valence-corrected chi connectivity index (χ0v) is 10.1. The lowest BCUT2D eigenvalue weighted by molar-refractivity contribution is 0.724. The summed E-state index contributed by atoms with van der Waals surface area (Å²) in [7, 11) is 1.96. The van der Waals surface area contributed by atoms with Crippen molar-refractivity contribution >= 4 is 22.5 Å². The van der Waals surface area contributed by atoms with Gasteiger partial charge in [0.05, 0.1) is 5.52 Å². The second-order valence-electron chi connectivity index (χ2n) is 3.84. The van der Waals surface area contributed by atoms with Gasteiger partial charge in [0.25, 0.3) is 0 Å². The number of rotatable bonds is 4. The van der Waals surface area contributed by atoms with E-state index in [1.165, 1.54) is 0 Å². The van der Waals surface area contributed by atoms with Crippen molar-refractivity contribution in [3.8, 4) is 0 Å². The van der Waals surface area contributed by atoms with Crippen LogP contribution in [0, 0.1) is 0 Å². The maximum Gasteiger partial charge on any atom is 0.132 e. The van der Waals surface area contributed by atoms with Crippen LogP contribution in [0.3, 0.4) is 0 Å². The number of nitrogens with zero attached hydrogens (tertiary/aromatic N) is 1. The molecule has 1 aromatic carbocycles.